The third-order valence-electron chi connectivity index (χ3n) is 4.49. The fourth-order valence-electron chi connectivity index (χ4n) is 2.83. The van der Waals surface area contributed by atoms with Crippen LogP contribution in [0.15, 0.2) is 59.6 Å². The molecule has 0 aliphatic carbocycles. The van der Waals surface area contributed by atoms with E-state index in [0.29, 0.717) is 11.4 Å². The lowest BCUT2D eigenvalue weighted by Gasteiger charge is -2.21. The summed E-state index contributed by atoms with van der Waals surface area (Å²) < 4.78 is 0. The highest BCUT2D eigenvalue weighted by Gasteiger charge is 2.32. The van der Waals surface area contributed by atoms with Crippen LogP contribution >= 0.6 is 0 Å². The SMILES string of the molecule is CC(C(N)=O)C(=O)NC1N=C(c2ccccc2)c2ccccc2N(C)C1=O. The van der Waals surface area contributed by atoms with Crippen LogP contribution in [0.3, 0.4) is 0 Å². The Kier molecular flexibility index (Phi) is 5.03. The minimum Gasteiger partial charge on any atom is -0.369 e. The molecule has 7 nitrogen and oxygen atoms in total. The molecule has 3 N–H and O–H groups in total. The predicted molar refractivity (Wildman–Crippen MR) is 102 cm³/mol. The first kappa shape index (κ1) is 18.3. The molecule has 2 unspecified atom stereocenters. The number of benzodiazepines with no additional fused rings is 1. The Hall–Kier alpha value is -3.48. The van der Waals surface area contributed by atoms with Crippen molar-refractivity contribution in [3.8, 4) is 0 Å². The Morgan fingerprint density at radius 2 is 1.74 bits per heavy atom. The van der Waals surface area contributed by atoms with Crippen molar-refractivity contribution in [2.45, 2.75) is 13.1 Å². The number of hydrogen-bond donors (Lipinski definition) is 2. The van der Waals surface area contributed by atoms with Gasteiger partial charge in [0.15, 0.2) is 0 Å². The van der Waals surface area contributed by atoms with Crippen molar-refractivity contribution in [1.82, 2.24) is 5.32 Å². The number of rotatable bonds is 4. The van der Waals surface area contributed by atoms with E-state index in [1.807, 2.05) is 54.6 Å². The second-order valence-corrected chi connectivity index (χ2v) is 6.29. The maximum atomic E-state index is 12.9. The maximum absolute atomic E-state index is 12.9. The zero-order valence-corrected chi connectivity index (χ0v) is 15.0. The summed E-state index contributed by atoms with van der Waals surface area (Å²) in [6.07, 6.45) is -1.16. The molecule has 138 valence electrons. The standard InChI is InChI=1S/C20H20N4O3/c1-12(17(21)25)19(26)23-18-20(27)24(2)15-11-7-6-10-14(15)16(22-18)13-8-4-3-5-9-13/h3-12,18H,1-2H3,(H2,21,25)(H,23,26). The summed E-state index contributed by atoms with van der Waals surface area (Å²) in [6, 6.07) is 16.8. The number of aliphatic imine (C=N–C) groups is 1. The normalized spacial score (nSPS) is 17.4. The molecule has 1 aliphatic heterocycles. The number of primary amides is 1. The number of nitrogens with one attached hydrogen (secondary N) is 1. The zero-order valence-electron chi connectivity index (χ0n) is 15.0. The summed E-state index contributed by atoms with van der Waals surface area (Å²) >= 11 is 0. The predicted octanol–water partition coefficient (Wildman–Crippen LogP) is 1.06. The van der Waals surface area contributed by atoms with Gasteiger partial charge in [-0.1, -0.05) is 48.5 Å². The minimum atomic E-state index is -1.16. The first-order valence-electron chi connectivity index (χ1n) is 8.50. The monoisotopic (exact) mass is 364 g/mol. The molecule has 3 rings (SSSR count). The number of para-hydroxylation sites is 1. The number of amides is 3. The number of carbonyl (C=O) groups excluding carboxylic acids is 3. The molecule has 1 heterocycles. The molecule has 0 aromatic heterocycles. The van der Waals surface area contributed by atoms with Gasteiger partial charge in [-0.2, -0.15) is 0 Å². The van der Waals surface area contributed by atoms with Gasteiger partial charge < -0.3 is 16.0 Å². The molecule has 0 saturated heterocycles. The molecule has 3 amide bonds. The van der Waals surface area contributed by atoms with Gasteiger partial charge in [0.05, 0.1) is 11.4 Å². The van der Waals surface area contributed by atoms with Crippen molar-refractivity contribution in [1.29, 1.82) is 0 Å². The topological polar surface area (TPSA) is 105 Å². The molecule has 0 bridgehead atoms. The molecule has 7 heteroatoms. The van der Waals surface area contributed by atoms with Crippen molar-refractivity contribution < 1.29 is 14.4 Å². The fraction of sp³-hybridized carbons (Fsp3) is 0.200. The lowest BCUT2D eigenvalue weighted by molar-refractivity contribution is -0.135. The van der Waals surface area contributed by atoms with Gasteiger partial charge in [-0.15, -0.1) is 0 Å². The summed E-state index contributed by atoms with van der Waals surface area (Å²) in [5, 5.41) is 2.54. The molecule has 27 heavy (non-hydrogen) atoms. The van der Waals surface area contributed by atoms with E-state index in [9.17, 15) is 14.4 Å². The number of nitrogens with zero attached hydrogens (tertiary/aromatic N) is 2. The number of likely N-dealkylation sites (N-methyl/N-ethyl adjacent to an activating group) is 1. The average Bonchev–Trinajstić information content (AvgIpc) is 2.78. The van der Waals surface area contributed by atoms with Crippen LogP contribution in [0, 0.1) is 5.92 Å². The molecule has 0 radical (unpaired) electrons. The largest absolute Gasteiger partial charge is 0.369 e. The van der Waals surface area contributed by atoms with E-state index >= 15 is 0 Å². The van der Waals surface area contributed by atoms with E-state index in [1.54, 1.807) is 7.05 Å². The fourth-order valence-corrected chi connectivity index (χ4v) is 2.83. The molecule has 2 atom stereocenters. The van der Waals surface area contributed by atoms with Crippen LogP contribution in [0.1, 0.15) is 18.1 Å². The number of nitrogens with two attached hydrogens (primary N) is 1. The Labute approximate surface area is 156 Å². The molecule has 0 fully saturated rings. The van der Waals surface area contributed by atoms with Crippen molar-refractivity contribution >= 4 is 29.1 Å². The second kappa shape index (κ2) is 7.41. The quantitative estimate of drug-likeness (QED) is 0.793. The number of anilines is 1. The number of fused-ring (bicyclic) bond motifs is 1. The number of carbonyl (C=O) groups is 3. The van der Waals surface area contributed by atoms with Crippen LogP contribution in [-0.2, 0) is 14.4 Å². The van der Waals surface area contributed by atoms with E-state index in [0.717, 1.165) is 11.1 Å². The lowest BCUT2D eigenvalue weighted by Crippen LogP contribution is -2.49. The van der Waals surface area contributed by atoms with Crippen molar-refractivity contribution in [2.75, 3.05) is 11.9 Å². The van der Waals surface area contributed by atoms with Gasteiger partial charge >= 0.3 is 0 Å². The summed E-state index contributed by atoms with van der Waals surface area (Å²) in [6.45, 7) is 1.39. The molecule has 1 aliphatic rings. The van der Waals surface area contributed by atoms with Crippen molar-refractivity contribution in [3.63, 3.8) is 0 Å². The third-order valence-corrected chi connectivity index (χ3v) is 4.49. The van der Waals surface area contributed by atoms with Crippen LogP contribution in [0.25, 0.3) is 0 Å². The first-order chi connectivity index (χ1) is 12.9. The molecule has 2 aromatic carbocycles. The smallest absolute Gasteiger partial charge is 0.272 e. The molecular formula is C20H20N4O3. The maximum Gasteiger partial charge on any atom is 0.272 e. The molecular weight excluding hydrogens is 344 g/mol. The Morgan fingerprint density at radius 1 is 1.11 bits per heavy atom. The zero-order chi connectivity index (χ0) is 19.6. The van der Waals surface area contributed by atoms with Crippen LogP contribution in [0.5, 0.6) is 0 Å². The summed E-state index contributed by atoms with van der Waals surface area (Å²) in [5.41, 5.74) is 8.05. The van der Waals surface area contributed by atoms with Crippen LogP contribution in [-0.4, -0.2) is 36.6 Å². The first-order valence-corrected chi connectivity index (χ1v) is 8.50. The van der Waals surface area contributed by atoms with E-state index in [-0.39, 0.29) is 0 Å². The number of hydrogen-bond acceptors (Lipinski definition) is 4. The Bertz CT molecular complexity index is 924. The third kappa shape index (κ3) is 3.57. The van der Waals surface area contributed by atoms with E-state index in [4.69, 9.17) is 5.73 Å². The summed E-state index contributed by atoms with van der Waals surface area (Å²) in [4.78, 5) is 42.5. The van der Waals surface area contributed by atoms with E-state index in [1.165, 1.54) is 11.8 Å². The van der Waals surface area contributed by atoms with Gasteiger partial charge in [0.1, 0.15) is 5.92 Å². The number of benzene rings is 2. The molecule has 0 spiro atoms. The summed E-state index contributed by atoms with van der Waals surface area (Å²) in [7, 11) is 1.63. The second-order valence-electron chi connectivity index (χ2n) is 6.29. The minimum absolute atomic E-state index is 0.404. The lowest BCUT2D eigenvalue weighted by atomic mass is 10.0. The highest BCUT2D eigenvalue weighted by Crippen LogP contribution is 2.27. The van der Waals surface area contributed by atoms with Crippen molar-refractivity contribution in [2.24, 2.45) is 16.6 Å². The van der Waals surface area contributed by atoms with Gasteiger partial charge in [0, 0.05) is 18.2 Å². The van der Waals surface area contributed by atoms with Gasteiger partial charge in [-0.3, -0.25) is 14.4 Å². The molecule has 2 aromatic rings. The van der Waals surface area contributed by atoms with Gasteiger partial charge in [-0.25, -0.2) is 4.99 Å². The van der Waals surface area contributed by atoms with Crippen LogP contribution < -0.4 is 16.0 Å². The highest BCUT2D eigenvalue weighted by molar-refractivity contribution is 6.20. The van der Waals surface area contributed by atoms with Gasteiger partial charge in [-0.05, 0) is 13.0 Å². The van der Waals surface area contributed by atoms with Crippen LogP contribution in [0.4, 0.5) is 5.69 Å². The molecule has 0 saturated carbocycles. The Morgan fingerprint density at radius 3 is 2.41 bits per heavy atom. The summed E-state index contributed by atoms with van der Waals surface area (Å²) in [5.74, 6) is -2.88. The van der Waals surface area contributed by atoms with Crippen molar-refractivity contribution in [3.05, 3.63) is 65.7 Å². The van der Waals surface area contributed by atoms with E-state index < -0.39 is 29.8 Å². The van der Waals surface area contributed by atoms with Gasteiger partial charge in [0.2, 0.25) is 18.0 Å². The Balaban J connectivity index is 2.09. The average molecular weight is 364 g/mol. The van der Waals surface area contributed by atoms with Gasteiger partial charge in [0.25, 0.3) is 5.91 Å². The van der Waals surface area contributed by atoms with Crippen LogP contribution in [0.2, 0.25) is 0 Å². The highest BCUT2D eigenvalue weighted by atomic mass is 16.2. The van der Waals surface area contributed by atoms with E-state index in [2.05, 4.69) is 10.3 Å².